The molecule has 0 aromatic rings. The third kappa shape index (κ3) is 11.0. The van der Waals surface area contributed by atoms with Gasteiger partial charge in [-0.05, 0) is 19.3 Å². The Bertz CT molecular complexity index is 217. The summed E-state index contributed by atoms with van der Waals surface area (Å²) in [5.74, 6) is -0.145. The number of ether oxygens (including phenoxy) is 1. The summed E-state index contributed by atoms with van der Waals surface area (Å²) < 4.78 is 4.54. The van der Waals surface area contributed by atoms with Crippen LogP contribution in [0.5, 0.6) is 0 Å². The van der Waals surface area contributed by atoms with Crippen molar-refractivity contribution in [1.29, 1.82) is 0 Å². The molecule has 0 saturated heterocycles. The van der Waals surface area contributed by atoms with E-state index in [2.05, 4.69) is 23.8 Å². The first kappa shape index (κ1) is 14.9. The summed E-state index contributed by atoms with van der Waals surface area (Å²) in [6, 6.07) is 0. The van der Waals surface area contributed by atoms with E-state index in [1.807, 2.05) is 12.2 Å². The van der Waals surface area contributed by atoms with E-state index in [0.29, 0.717) is 6.42 Å². The van der Waals surface area contributed by atoms with Crippen molar-refractivity contribution >= 4 is 5.97 Å². The zero-order valence-corrected chi connectivity index (χ0v) is 10.6. The fraction of sp³-hybridized carbons (Fsp3) is 0.643. The Morgan fingerprint density at radius 1 is 1.06 bits per heavy atom. The van der Waals surface area contributed by atoms with Crippen LogP contribution in [-0.4, -0.2) is 13.1 Å². The molecule has 0 atom stereocenters. The molecule has 16 heavy (non-hydrogen) atoms. The molecule has 0 aromatic heterocycles. The minimum absolute atomic E-state index is 0.145. The van der Waals surface area contributed by atoms with Gasteiger partial charge in [-0.3, -0.25) is 4.79 Å². The third-order valence-electron chi connectivity index (χ3n) is 2.35. The SMILES string of the molecule is CCCCCC/C=C/C=C/CCC(=O)OC. The van der Waals surface area contributed by atoms with E-state index in [-0.39, 0.29) is 5.97 Å². The molecular formula is C14H24O2. The number of rotatable bonds is 9. The van der Waals surface area contributed by atoms with E-state index in [1.165, 1.54) is 32.8 Å². The van der Waals surface area contributed by atoms with Crippen molar-refractivity contribution in [1.82, 2.24) is 0 Å². The molecule has 0 aliphatic rings. The molecular weight excluding hydrogens is 200 g/mol. The van der Waals surface area contributed by atoms with Gasteiger partial charge < -0.3 is 4.74 Å². The van der Waals surface area contributed by atoms with Crippen molar-refractivity contribution in [2.75, 3.05) is 7.11 Å². The highest BCUT2D eigenvalue weighted by Crippen LogP contribution is 2.03. The number of hydrogen-bond acceptors (Lipinski definition) is 2. The second-order valence-electron chi connectivity index (χ2n) is 3.82. The normalized spacial score (nSPS) is 11.4. The lowest BCUT2D eigenvalue weighted by Gasteiger charge is -1.93. The number of hydrogen-bond donors (Lipinski definition) is 0. The van der Waals surface area contributed by atoms with E-state index in [4.69, 9.17) is 0 Å². The van der Waals surface area contributed by atoms with Crippen molar-refractivity contribution in [3.8, 4) is 0 Å². The second kappa shape index (κ2) is 12.0. The molecule has 0 unspecified atom stereocenters. The average molecular weight is 224 g/mol. The zero-order valence-electron chi connectivity index (χ0n) is 10.6. The Balaban J connectivity index is 3.31. The Morgan fingerprint density at radius 3 is 2.38 bits per heavy atom. The largest absolute Gasteiger partial charge is 0.469 e. The van der Waals surface area contributed by atoms with Gasteiger partial charge in [-0.1, -0.05) is 50.5 Å². The molecule has 0 bridgehead atoms. The first-order chi connectivity index (χ1) is 7.81. The summed E-state index contributed by atoms with van der Waals surface area (Å²) in [4.78, 5) is 10.8. The Labute approximate surface area is 99.4 Å². The van der Waals surface area contributed by atoms with E-state index in [0.717, 1.165) is 12.8 Å². The van der Waals surface area contributed by atoms with Crippen LogP contribution >= 0.6 is 0 Å². The summed E-state index contributed by atoms with van der Waals surface area (Å²) in [5, 5.41) is 0. The summed E-state index contributed by atoms with van der Waals surface area (Å²) in [5.41, 5.74) is 0. The lowest BCUT2D eigenvalue weighted by atomic mass is 10.1. The molecule has 0 aliphatic heterocycles. The quantitative estimate of drug-likeness (QED) is 0.336. The number of carbonyl (C=O) groups is 1. The second-order valence-corrected chi connectivity index (χ2v) is 3.82. The molecule has 2 heteroatoms. The highest BCUT2D eigenvalue weighted by Gasteiger charge is 1.94. The van der Waals surface area contributed by atoms with Gasteiger partial charge in [-0.2, -0.15) is 0 Å². The molecule has 0 saturated carbocycles. The van der Waals surface area contributed by atoms with Gasteiger partial charge >= 0.3 is 5.97 Å². The van der Waals surface area contributed by atoms with Crippen LogP contribution in [0.2, 0.25) is 0 Å². The maximum absolute atomic E-state index is 10.8. The van der Waals surface area contributed by atoms with Crippen LogP contribution in [0.25, 0.3) is 0 Å². The predicted molar refractivity (Wildman–Crippen MR) is 68.3 cm³/mol. The van der Waals surface area contributed by atoms with Crippen molar-refractivity contribution in [3.63, 3.8) is 0 Å². The summed E-state index contributed by atoms with van der Waals surface area (Å²) in [6.45, 7) is 2.22. The minimum Gasteiger partial charge on any atom is -0.469 e. The van der Waals surface area contributed by atoms with Crippen molar-refractivity contribution in [3.05, 3.63) is 24.3 Å². The van der Waals surface area contributed by atoms with Crippen LogP contribution in [0, 0.1) is 0 Å². The zero-order chi connectivity index (χ0) is 12.1. The molecule has 0 amide bonds. The Morgan fingerprint density at radius 2 is 1.75 bits per heavy atom. The van der Waals surface area contributed by atoms with Gasteiger partial charge in [0.25, 0.3) is 0 Å². The van der Waals surface area contributed by atoms with Gasteiger partial charge in [-0.15, -0.1) is 0 Å². The van der Waals surface area contributed by atoms with E-state index in [1.54, 1.807) is 0 Å². The van der Waals surface area contributed by atoms with Crippen molar-refractivity contribution in [2.45, 2.75) is 51.9 Å². The lowest BCUT2D eigenvalue weighted by molar-refractivity contribution is -0.140. The van der Waals surface area contributed by atoms with Gasteiger partial charge in [-0.25, -0.2) is 0 Å². The number of unbranched alkanes of at least 4 members (excludes halogenated alkanes) is 4. The van der Waals surface area contributed by atoms with Crippen molar-refractivity contribution < 1.29 is 9.53 Å². The molecule has 0 spiro atoms. The number of carbonyl (C=O) groups excluding carboxylic acids is 1. The molecule has 0 N–H and O–H groups in total. The molecule has 0 rings (SSSR count). The molecule has 0 aromatic carbocycles. The minimum atomic E-state index is -0.145. The Hall–Kier alpha value is -1.05. The maximum atomic E-state index is 10.8. The maximum Gasteiger partial charge on any atom is 0.305 e. The topological polar surface area (TPSA) is 26.3 Å². The first-order valence-corrected chi connectivity index (χ1v) is 6.19. The molecule has 0 fully saturated rings. The number of esters is 1. The number of allylic oxidation sites excluding steroid dienone is 4. The van der Waals surface area contributed by atoms with Gasteiger partial charge in [0.2, 0.25) is 0 Å². The molecule has 2 nitrogen and oxygen atoms in total. The van der Waals surface area contributed by atoms with Gasteiger partial charge in [0.15, 0.2) is 0 Å². The highest BCUT2D eigenvalue weighted by molar-refractivity contribution is 5.69. The van der Waals surface area contributed by atoms with Crippen LogP contribution in [0.4, 0.5) is 0 Å². The molecule has 0 aliphatic carbocycles. The Kier molecular flexibility index (Phi) is 11.2. The number of methoxy groups -OCH3 is 1. The van der Waals surface area contributed by atoms with E-state index >= 15 is 0 Å². The fourth-order valence-corrected chi connectivity index (χ4v) is 1.34. The van der Waals surface area contributed by atoms with Gasteiger partial charge in [0.05, 0.1) is 7.11 Å². The fourth-order valence-electron chi connectivity index (χ4n) is 1.34. The molecule has 0 heterocycles. The van der Waals surface area contributed by atoms with Crippen LogP contribution in [0.1, 0.15) is 51.9 Å². The third-order valence-corrected chi connectivity index (χ3v) is 2.35. The van der Waals surface area contributed by atoms with E-state index < -0.39 is 0 Å². The monoisotopic (exact) mass is 224 g/mol. The van der Waals surface area contributed by atoms with Crippen LogP contribution in [0.3, 0.4) is 0 Å². The molecule has 92 valence electrons. The predicted octanol–water partition coefficient (Wildman–Crippen LogP) is 4.02. The van der Waals surface area contributed by atoms with E-state index in [9.17, 15) is 4.79 Å². The highest BCUT2D eigenvalue weighted by atomic mass is 16.5. The van der Waals surface area contributed by atoms with Crippen LogP contribution in [-0.2, 0) is 9.53 Å². The standard InChI is InChI=1S/C14H24O2/c1-3-4-5-6-7-8-9-10-11-12-13-14(15)16-2/h8-11H,3-7,12-13H2,1-2H3/b9-8+,11-10+. The first-order valence-electron chi connectivity index (χ1n) is 6.19. The van der Waals surface area contributed by atoms with Gasteiger partial charge in [0, 0.05) is 6.42 Å². The van der Waals surface area contributed by atoms with Crippen LogP contribution < -0.4 is 0 Å². The average Bonchev–Trinajstić information content (AvgIpc) is 2.31. The van der Waals surface area contributed by atoms with Crippen LogP contribution in [0.15, 0.2) is 24.3 Å². The summed E-state index contributed by atoms with van der Waals surface area (Å²) >= 11 is 0. The lowest BCUT2D eigenvalue weighted by Crippen LogP contribution is -1.97. The summed E-state index contributed by atoms with van der Waals surface area (Å²) in [7, 11) is 1.42. The van der Waals surface area contributed by atoms with Crippen molar-refractivity contribution in [2.24, 2.45) is 0 Å². The van der Waals surface area contributed by atoms with Gasteiger partial charge in [0.1, 0.15) is 0 Å². The molecule has 0 radical (unpaired) electrons. The summed E-state index contributed by atoms with van der Waals surface area (Å²) in [6.07, 6.45) is 15.9. The smallest absolute Gasteiger partial charge is 0.305 e.